The van der Waals surface area contributed by atoms with Gasteiger partial charge in [-0.05, 0) is 37.8 Å². The number of hydrogen-bond acceptors (Lipinski definition) is 3. The summed E-state index contributed by atoms with van der Waals surface area (Å²) in [6.07, 6.45) is 5.42. The van der Waals surface area contributed by atoms with Crippen molar-refractivity contribution < 1.29 is 9.53 Å². The summed E-state index contributed by atoms with van der Waals surface area (Å²) in [5.41, 5.74) is 7.71. The normalized spacial score (nSPS) is 21.9. The highest BCUT2D eigenvalue weighted by Gasteiger charge is 2.45. The number of hydrogen-bond donors (Lipinski definition) is 1. The van der Waals surface area contributed by atoms with Gasteiger partial charge in [0, 0.05) is 11.3 Å². The lowest BCUT2D eigenvalue weighted by Gasteiger charge is -2.32. The summed E-state index contributed by atoms with van der Waals surface area (Å²) in [5.74, 6) is -0.204. The summed E-state index contributed by atoms with van der Waals surface area (Å²) >= 11 is 0. The van der Waals surface area contributed by atoms with Crippen LogP contribution in [0.5, 0.6) is 0 Å². The number of esters is 1. The van der Waals surface area contributed by atoms with E-state index in [0.29, 0.717) is 11.3 Å². The molecule has 3 rings (SSSR count). The van der Waals surface area contributed by atoms with Crippen LogP contribution in [-0.2, 0) is 10.3 Å². The van der Waals surface area contributed by atoms with Gasteiger partial charge in [-0.3, -0.25) is 0 Å². The van der Waals surface area contributed by atoms with Crippen LogP contribution in [0.3, 0.4) is 0 Å². The Bertz CT molecular complexity index is 447. The molecule has 0 atom stereocenters. The van der Waals surface area contributed by atoms with Gasteiger partial charge >= 0.3 is 5.97 Å². The van der Waals surface area contributed by atoms with Crippen molar-refractivity contribution in [2.75, 3.05) is 5.73 Å². The Labute approximate surface area is 94.6 Å². The van der Waals surface area contributed by atoms with E-state index in [0.717, 1.165) is 31.2 Å². The number of fused-ring (bicyclic) bond motifs is 2. The lowest BCUT2D eigenvalue weighted by atomic mass is 9.79. The van der Waals surface area contributed by atoms with Crippen molar-refractivity contribution >= 4 is 11.7 Å². The molecule has 1 aromatic carbocycles. The third-order valence-electron chi connectivity index (χ3n) is 3.70. The molecule has 84 valence electrons. The molecule has 1 aromatic rings. The van der Waals surface area contributed by atoms with Crippen molar-refractivity contribution in [2.45, 2.75) is 37.7 Å². The molecule has 2 aliphatic rings. The van der Waals surface area contributed by atoms with Crippen LogP contribution in [0.15, 0.2) is 18.2 Å². The molecule has 1 fully saturated rings. The van der Waals surface area contributed by atoms with E-state index >= 15 is 0 Å². The molecule has 0 amide bonds. The van der Waals surface area contributed by atoms with Gasteiger partial charge in [-0.25, -0.2) is 4.79 Å². The van der Waals surface area contributed by atoms with Gasteiger partial charge in [-0.1, -0.05) is 12.5 Å². The van der Waals surface area contributed by atoms with E-state index in [4.69, 9.17) is 10.5 Å². The minimum atomic E-state index is -0.335. The van der Waals surface area contributed by atoms with Crippen LogP contribution in [0, 0.1) is 0 Å². The molecule has 1 aliphatic carbocycles. The molecule has 0 unspecified atom stereocenters. The zero-order valence-corrected chi connectivity index (χ0v) is 9.16. The highest BCUT2D eigenvalue weighted by atomic mass is 16.6. The molecule has 1 heterocycles. The monoisotopic (exact) mass is 217 g/mol. The Morgan fingerprint density at radius 1 is 1.19 bits per heavy atom. The minimum Gasteiger partial charge on any atom is -0.451 e. The Hall–Kier alpha value is -1.51. The van der Waals surface area contributed by atoms with E-state index in [1.807, 2.05) is 12.1 Å². The van der Waals surface area contributed by atoms with Gasteiger partial charge in [0.2, 0.25) is 0 Å². The minimum absolute atomic E-state index is 0.204. The van der Waals surface area contributed by atoms with Crippen LogP contribution in [-0.4, -0.2) is 5.97 Å². The third-order valence-corrected chi connectivity index (χ3v) is 3.70. The molecule has 0 radical (unpaired) electrons. The fourth-order valence-corrected chi connectivity index (χ4v) is 2.91. The molecular weight excluding hydrogens is 202 g/mol. The average molecular weight is 217 g/mol. The topological polar surface area (TPSA) is 52.3 Å². The van der Waals surface area contributed by atoms with Crippen molar-refractivity contribution in [1.29, 1.82) is 0 Å². The summed E-state index contributed by atoms with van der Waals surface area (Å²) in [7, 11) is 0. The molecule has 1 spiro atoms. The molecule has 1 saturated carbocycles. The number of ether oxygens (including phenoxy) is 1. The molecular formula is C13H15NO2. The molecule has 3 nitrogen and oxygen atoms in total. The number of anilines is 1. The number of carbonyl (C=O) groups is 1. The number of nitrogen functional groups attached to an aromatic ring is 1. The largest absolute Gasteiger partial charge is 0.451 e. The zero-order valence-electron chi connectivity index (χ0n) is 9.16. The molecule has 1 aliphatic heterocycles. The molecule has 2 N–H and O–H groups in total. The summed E-state index contributed by atoms with van der Waals surface area (Å²) in [4.78, 5) is 11.8. The predicted molar refractivity (Wildman–Crippen MR) is 61.0 cm³/mol. The molecule has 0 bridgehead atoms. The Kier molecular flexibility index (Phi) is 1.96. The van der Waals surface area contributed by atoms with Gasteiger partial charge in [-0.15, -0.1) is 0 Å². The van der Waals surface area contributed by atoms with Crippen LogP contribution in [0.25, 0.3) is 0 Å². The summed E-state index contributed by atoms with van der Waals surface area (Å²) < 4.78 is 5.62. The lowest BCUT2D eigenvalue weighted by Crippen LogP contribution is -2.28. The van der Waals surface area contributed by atoms with E-state index < -0.39 is 0 Å². The lowest BCUT2D eigenvalue weighted by molar-refractivity contribution is -0.0280. The van der Waals surface area contributed by atoms with Crippen LogP contribution < -0.4 is 5.73 Å². The third kappa shape index (κ3) is 1.24. The smallest absolute Gasteiger partial charge is 0.339 e. The Morgan fingerprint density at radius 2 is 1.94 bits per heavy atom. The van der Waals surface area contributed by atoms with Gasteiger partial charge in [0.05, 0.1) is 5.56 Å². The predicted octanol–water partition coefficient (Wildman–Crippen LogP) is 2.60. The summed E-state index contributed by atoms with van der Waals surface area (Å²) in [6.45, 7) is 0. The van der Waals surface area contributed by atoms with Crippen molar-refractivity contribution in [1.82, 2.24) is 0 Å². The first-order valence-corrected chi connectivity index (χ1v) is 5.85. The van der Waals surface area contributed by atoms with Gasteiger partial charge in [0.1, 0.15) is 5.60 Å². The van der Waals surface area contributed by atoms with E-state index in [2.05, 4.69) is 0 Å². The van der Waals surface area contributed by atoms with Crippen LogP contribution in [0.2, 0.25) is 0 Å². The van der Waals surface area contributed by atoms with Crippen LogP contribution in [0.1, 0.15) is 48.0 Å². The maximum absolute atomic E-state index is 11.8. The second-order valence-corrected chi connectivity index (χ2v) is 4.75. The fraction of sp³-hybridized carbons (Fsp3) is 0.462. The molecule has 3 heteroatoms. The molecule has 16 heavy (non-hydrogen) atoms. The maximum Gasteiger partial charge on any atom is 0.339 e. The van der Waals surface area contributed by atoms with Crippen LogP contribution >= 0.6 is 0 Å². The maximum atomic E-state index is 11.8. The average Bonchev–Trinajstić information content (AvgIpc) is 2.53. The van der Waals surface area contributed by atoms with Gasteiger partial charge in [-0.2, -0.15) is 0 Å². The first-order chi connectivity index (χ1) is 7.71. The Balaban J connectivity index is 2.11. The first-order valence-electron chi connectivity index (χ1n) is 5.85. The summed E-state index contributed by atoms with van der Waals surface area (Å²) in [5, 5.41) is 0. The number of rotatable bonds is 0. The number of benzene rings is 1. The van der Waals surface area contributed by atoms with E-state index in [9.17, 15) is 4.79 Å². The standard InChI is InChI=1S/C13H15NO2/c14-9-4-5-11-10(8-9)12(15)16-13(11)6-2-1-3-7-13/h4-5,8H,1-3,6-7,14H2. The quantitative estimate of drug-likeness (QED) is 0.537. The highest BCUT2D eigenvalue weighted by Crippen LogP contribution is 2.46. The number of nitrogens with two attached hydrogens (primary N) is 1. The van der Waals surface area contributed by atoms with E-state index in [1.165, 1.54) is 6.42 Å². The SMILES string of the molecule is Nc1ccc2c(c1)C(=O)OC21CCCCC1. The Morgan fingerprint density at radius 3 is 2.69 bits per heavy atom. The van der Waals surface area contributed by atoms with Crippen molar-refractivity contribution in [3.63, 3.8) is 0 Å². The van der Waals surface area contributed by atoms with Gasteiger partial charge in [0.15, 0.2) is 0 Å². The van der Waals surface area contributed by atoms with E-state index in [-0.39, 0.29) is 11.6 Å². The van der Waals surface area contributed by atoms with Crippen molar-refractivity contribution in [2.24, 2.45) is 0 Å². The first kappa shape index (κ1) is 9.70. The van der Waals surface area contributed by atoms with Gasteiger partial charge in [0.25, 0.3) is 0 Å². The fourth-order valence-electron chi connectivity index (χ4n) is 2.91. The van der Waals surface area contributed by atoms with Crippen LogP contribution in [0.4, 0.5) is 5.69 Å². The second-order valence-electron chi connectivity index (χ2n) is 4.75. The van der Waals surface area contributed by atoms with Crippen molar-refractivity contribution in [3.05, 3.63) is 29.3 Å². The van der Waals surface area contributed by atoms with Gasteiger partial charge < -0.3 is 10.5 Å². The molecule has 0 saturated heterocycles. The second kappa shape index (κ2) is 3.24. The number of carbonyl (C=O) groups excluding carboxylic acids is 1. The summed E-state index contributed by atoms with van der Waals surface area (Å²) in [6, 6.07) is 5.55. The highest BCUT2D eigenvalue weighted by molar-refractivity contribution is 5.95. The van der Waals surface area contributed by atoms with Crippen molar-refractivity contribution in [3.8, 4) is 0 Å². The molecule has 0 aromatic heterocycles. The zero-order chi connectivity index (χ0) is 11.2. The van der Waals surface area contributed by atoms with E-state index in [1.54, 1.807) is 6.07 Å².